The minimum absolute atomic E-state index is 0.153. The zero-order chi connectivity index (χ0) is 18.5. The Labute approximate surface area is 152 Å². The molecule has 0 N–H and O–H groups in total. The fourth-order valence-corrected chi connectivity index (χ4v) is 2.67. The summed E-state index contributed by atoms with van der Waals surface area (Å²) in [5, 5.41) is 2.12. The zero-order valence-electron chi connectivity index (χ0n) is 15.2. The Bertz CT molecular complexity index is 904. The van der Waals surface area contributed by atoms with Crippen molar-refractivity contribution in [2.75, 3.05) is 20.7 Å². The molecule has 1 amide bonds. The second-order valence-electron chi connectivity index (χ2n) is 6.02. The van der Waals surface area contributed by atoms with Gasteiger partial charge in [0.15, 0.2) is 12.3 Å². The van der Waals surface area contributed by atoms with Gasteiger partial charge in [0.2, 0.25) is 5.89 Å². The highest BCUT2D eigenvalue weighted by atomic mass is 16.5. The van der Waals surface area contributed by atoms with Crippen LogP contribution in [0, 0.1) is 0 Å². The molecule has 6 heteroatoms. The van der Waals surface area contributed by atoms with Gasteiger partial charge < -0.3 is 18.8 Å². The van der Waals surface area contributed by atoms with Gasteiger partial charge in [-0.2, -0.15) is 0 Å². The molecular weight excluding hydrogens is 332 g/mol. The number of hydrogen-bond acceptors (Lipinski definition) is 5. The highest BCUT2D eigenvalue weighted by molar-refractivity contribution is 5.91. The first-order chi connectivity index (χ1) is 12.6. The fraction of sp³-hybridized carbons (Fsp3) is 0.300. The Balaban J connectivity index is 1.67. The van der Waals surface area contributed by atoms with Crippen LogP contribution in [-0.4, -0.2) is 36.5 Å². The van der Waals surface area contributed by atoms with Gasteiger partial charge in [-0.15, -0.1) is 0 Å². The molecule has 0 aliphatic rings. The Hall–Kier alpha value is -3.02. The van der Waals surface area contributed by atoms with Crippen LogP contribution >= 0.6 is 0 Å². The van der Waals surface area contributed by atoms with Crippen LogP contribution in [0.2, 0.25) is 0 Å². The summed E-state index contributed by atoms with van der Waals surface area (Å²) in [6.45, 7) is 2.85. The molecule has 3 aromatic rings. The monoisotopic (exact) mass is 354 g/mol. The van der Waals surface area contributed by atoms with Crippen LogP contribution in [0.4, 0.5) is 0 Å². The van der Waals surface area contributed by atoms with Crippen LogP contribution < -0.4 is 9.47 Å². The number of methoxy groups -OCH3 is 1. The van der Waals surface area contributed by atoms with Gasteiger partial charge in [-0.05, 0) is 41.5 Å². The highest BCUT2D eigenvalue weighted by Gasteiger charge is 2.16. The number of benzene rings is 2. The van der Waals surface area contributed by atoms with Crippen molar-refractivity contribution in [1.29, 1.82) is 0 Å². The molecule has 0 atom stereocenters. The van der Waals surface area contributed by atoms with Crippen LogP contribution in [0.25, 0.3) is 10.8 Å². The van der Waals surface area contributed by atoms with Gasteiger partial charge in [-0.3, -0.25) is 4.79 Å². The molecule has 0 aliphatic carbocycles. The highest BCUT2D eigenvalue weighted by Crippen LogP contribution is 2.25. The average molecular weight is 354 g/mol. The predicted octanol–water partition coefficient (Wildman–Crippen LogP) is 3.90. The van der Waals surface area contributed by atoms with Crippen LogP contribution in [0.1, 0.15) is 29.7 Å². The molecule has 136 valence electrons. The Morgan fingerprint density at radius 1 is 1.15 bits per heavy atom. The maximum Gasteiger partial charge on any atom is 0.275 e. The van der Waals surface area contributed by atoms with Gasteiger partial charge in [0.25, 0.3) is 5.91 Å². The molecule has 0 radical (unpaired) electrons. The zero-order valence-corrected chi connectivity index (χ0v) is 15.2. The average Bonchev–Trinajstić information content (AvgIpc) is 3.14. The lowest BCUT2D eigenvalue weighted by Gasteiger charge is -2.13. The van der Waals surface area contributed by atoms with Gasteiger partial charge in [0.05, 0.1) is 7.11 Å². The largest absolute Gasteiger partial charge is 0.497 e. The van der Waals surface area contributed by atoms with E-state index < -0.39 is 0 Å². The molecule has 3 rings (SSSR count). The summed E-state index contributed by atoms with van der Waals surface area (Å²) in [4.78, 5) is 18.0. The molecular formula is C20H22N2O4. The predicted molar refractivity (Wildman–Crippen MR) is 98.6 cm³/mol. The van der Waals surface area contributed by atoms with E-state index in [-0.39, 0.29) is 12.5 Å². The number of hydrogen-bond donors (Lipinski definition) is 0. The van der Waals surface area contributed by atoms with Gasteiger partial charge >= 0.3 is 0 Å². The fourth-order valence-electron chi connectivity index (χ4n) is 2.67. The van der Waals surface area contributed by atoms with Gasteiger partial charge in [0.1, 0.15) is 17.8 Å². The van der Waals surface area contributed by atoms with Crippen molar-refractivity contribution in [3.8, 4) is 11.5 Å². The van der Waals surface area contributed by atoms with Crippen molar-refractivity contribution in [3.05, 3.63) is 54.2 Å². The standard InChI is InChI=1S/C20H22N2O4/c1-4-9-22(2)20(23)18-12-26-19(21-18)13-25-17-8-6-14-5-7-16(24-3)10-15(14)11-17/h5-8,10-12H,4,9,13H2,1-3H3. The summed E-state index contributed by atoms with van der Waals surface area (Å²) in [5.41, 5.74) is 0.294. The van der Waals surface area contributed by atoms with Crippen molar-refractivity contribution in [1.82, 2.24) is 9.88 Å². The van der Waals surface area contributed by atoms with E-state index in [1.165, 1.54) is 6.26 Å². The second kappa shape index (κ2) is 7.91. The molecule has 0 spiro atoms. The minimum atomic E-state index is -0.153. The van der Waals surface area contributed by atoms with E-state index in [0.717, 1.165) is 22.9 Å². The van der Waals surface area contributed by atoms with E-state index in [4.69, 9.17) is 13.9 Å². The van der Waals surface area contributed by atoms with E-state index in [0.29, 0.717) is 23.9 Å². The van der Waals surface area contributed by atoms with E-state index in [2.05, 4.69) is 4.98 Å². The van der Waals surface area contributed by atoms with Crippen molar-refractivity contribution < 1.29 is 18.7 Å². The van der Waals surface area contributed by atoms with Gasteiger partial charge in [-0.1, -0.05) is 19.1 Å². The van der Waals surface area contributed by atoms with E-state index >= 15 is 0 Å². The molecule has 0 saturated heterocycles. The van der Waals surface area contributed by atoms with Crippen LogP contribution in [-0.2, 0) is 6.61 Å². The number of carbonyl (C=O) groups is 1. The Kier molecular flexibility index (Phi) is 5.41. The molecule has 1 heterocycles. The van der Waals surface area contributed by atoms with Gasteiger partial charge in [-0.25, -0.2) is 4.98 Å². The second-order valence-corrected chi connectivity index (χ2v) is 6.02. The minimum Gasteiger partial charge on any atom is -0.497 e. The molecule has 0 unspecified atom stereocenters. The topological polar surface area (TPSA) is 64.8 Å². The SMILES string of the molecule is CCCN(C)C(=O)c1coc(COc2ccc3ccc(OC)cc3c2)n1. The number of fused-ring (bicyclic) bond motifs is 1. The summed E-state index contributed by atoms with van der Waals surface area (Å²) < 4.78 is 16.4. The van der Waals surface area contributed by atoms with Crippen molar-refractivity contribution in [3.63, 3.8) is 0 Å². The Morgan fingerprint density at radius 2 is 1.88 bits per heavy atom. The molecule has 0 saturated carbocycles. The Morgan fingerprint density at radius 3 is 2.62 bits per heavy atom. The molecule has 2 aromatic carbocycles. The quantitative estimate of drug-likeness (QED) is 0.644. The number of oxazole rings is 1. The number of ether oxygens (including phenoxy) is 2. The third-order valence-electron chi connectivity index (χ3n) is 4.06. The van der Waals surface area contributed by atoms with Crippen LogP contribution in [0.5, 0.6) is 11.5 Å². The third-order valence-corrected chi connectivity index (χ3v) is 4.06. The molecule has 0 fully saturated rings. The van der Waals surface area contributed by atoms with Crippen LogP contribution in [0.15, 0.2) is 47.1 Å². The smallest absolute Gasteiger partial charge is 0.275 e. The number of carbonyl (C=O) groups excluding carboxylic acids is 1. The molecule has 26 heavy (non-hydrogen) atoms. The normalized spacial score (nSPS) is 10.7. The van der Waals surface area contributed by atoms with E-state index in [9.17, 15) is 4.79 Å². The summed E-state index contributed by atoms with van der Waals surface area (Å²) in [7, 11) is 3.39. The van der Waals surface area contributed by atoms with E-state index in [1.807, 2.05) is 43.3 Å². The third kappa shape index (κ3) is 3.96. The number of amides is 1. The lowest BCUT2D eigenvalue weighted by Crippen LogP contribution is -2.27. The lowest BCUT2D eigenvalue weighted by atomic mass is 10.1. The van der Waals surface area contributed by atoms with E-state index in [1.54, 1.807) is 19.1 Å². The molecule has 0 aliphatic heterocycles. The molecule has 1 aromatic heterocycles. The summed E-state index contributed by atoms with van der Waals surface area (Å²) in [5.74, 6) is 1.70. The number of nitrogens with zero attached hydrogens (tertiary/aromatic N) is 2. The van der Waals surface area contributed by atoms with Crippen molar-refractivity contribution in [2.24, 2.45) is 0 Å². The maximum absolute atomic E-state index is 12.2. The van der Waals surface area contributed by atoms with Crippen LogP contribution in [0.3, 0.4) is 0 Å². The number of aromatic nitrogens is 1. The molecule has 6 nitrogen and oxygen atoms in total. The first-order valence-electron chi connectivity index (χ1n) is 8.51. The first-order valence-corrected chi connectivity index (χ1v) is 8.51. The first kappa shape index (κ1) is 17.8. The van der Waals surface area contributed by atoms with Crippen molar-refractivity contribution >= 4 is 16.7 Å². The number of rotatable bonds is 7. The summed E-state index contributed by atoms with van der Waals surface area (Å²) in [6.07, 6.45) is 2.27. The summed E-state index contributed by atoms with van der Waals surface area (Å²) >= 11 is 0. The summed E-state index contributed by atoms with van der Waals surface area (Å²) in [6, 6.07) is 11.7. The maximum atomic E-state index is 12.2. The molecule has 0 bridgehead atoms. The van der Waals surface area contributed by atoms with Gasteiger partial charge in [0, 0.05) is 13.6 Å². The lowest BCUT2D eigenvalue weighted by molar-refractivity contribution is 0.0789. The van der Waals surface area contributed by atoms with Crippen molar-refractivity contribution in [2.45, 2.75) is 20.0 Å².